The summed E-state index contributed by atoms with van der Waals surface area (Å²) in [5.74, 6) is 1.74. The normalized spacial score (nSPS) is 20.1. The molecule has 2 rings (SSSR count). The summed E-state index contributed by atoms with van der Waals surface area (Å²) in [5, 5.41) is 3.35. The van der Waals surface area contributed by atoms with Crippen molar-refractivity contribution in [3.8, 4) is 11.5 Å². The molecule has 0 spiro atoms. The van der Waals surface area contributed by atoms with Crippen LogP contribution in [0.2, 0.25) is 0 Å². The van der Waals surface area contributed by atoms with E-state index < -0.39 is 0 Å². The predicted octanol–water partition coefficient (Wildman–Crippen LogP) is 2.92. The van der Waals surface area contributed by atoms with Crippen molar-refractivity contribution in [1.29, 1.82) is 0 Å². The van der Waals surface area contributed by atoms with Crippen molar-refractivity contribution >= 4 is 0 Å². The molecule has 20 heavy (non-hydrogen) atoms. The third kappa shape index (κ3) is 3.64. The fourth-order valence-corrected chi connectivity index (χ4v) is 2.54. The largest absolute Gasteiger partial charge is 0.491 e. The lowest BCUT2D eigenvalue weighted by atomic mass is 9.90. The number of fused-ring (bicyclic) bond motifs is 1. The van der Waals surface area contributed by atoms with Gasteiger partial charge in [0.2, 0.25) is 0 Å². The molecule has 0 aliphatic carbocycles. The first-order valence-corrected chi connectivity index (χ1v) is 7.26. The summed E-state index contributed by atoms with van der Waals surface area (Å²) < 4.78 is 17.0. The van der Waals surface area contributed by atoms with Crippen LogP contribution in [0.3, 0.4) is 0 Å². The summed E-state index contributed by atoms with van der Waals surface area (Å²) in [4.78, 5) is 0. The van der Waals surface area contributed by atoms with E-state index in [0.717, 1.165) is 17.9 Å². The van der Waals surface area contributed by atoms with E-state index in [1.807, 2.05) is 26.1 Å². The van der Waals surface area contributed by atoms with Gasteiger partial charge in [-0.1, -0.05) is 6.07 Å². The lowest BCUT2D eigenvalue weighted by Crippen LogP contribution is -2.38. The van der Waals surface area contributed by atoms with Crippen molar-refractivity contribution in [1.82, 2.24) is 5.32 Å². The Kier molecular flexibility index (Phi) is 4.89. The van der Waals surface area contributed by atoms with Gasteiger partial charge in [0.15, 0.2) is 0 Å². The molecule has 0 saturated heterocycles. The molecule has 0 bridgehead atoms. The average Bonchev–Trinajstić information content (AvgIpc) is 2.41. The maximum absolute atomic E-state index is 6.07. The van der Waals surface area contributed by atoms with Crippen molar-refractivity contribution in [2.24, 2.45) is 0 Å². The zero-order chi connectivity index (χ0) is 14.6. The molecule has 1 unspecified atom stereocenters. The van der Waals surface area contributed by atoms with Gasteiger partial charge in [-0.3, -0.25) is 0 Å². The highest BCUT2D eigenvalue weighted by Gasteiger charge is 2.33. The number of hydrogen-bond acceptors (Lipinski definition) is 4. The van der Waals surface area contributed by atoms with Crippen LogP contribution in [0.25, 0.3) is 0 Å². The third-order valence-corrected chi connectivity index (χ3v) is 3.49. The SMILES string of the molecule is CCOCCOc1ccc2c(c1)OC(C)(C)CC2NC. The Bertz CT molecular complexity index is 445. The van der Waals surface area contributed by atoms with E-state index >= 15 is 0 Å². The molecule has 0 aromatic heterocycles. The minimum Gasteiger partial charge on any atom is -0.491 e. The summed E-state index contributed by atoms with van der Waals surface area (Å²) in [7, 11) is 1.99. The molecule has 0 fully saturated rings. The highest BCUT2D eigenvalue weighted by molar-refractivity contribution is 5.44. The molecule has 1 atom stereocenters. The number of ether oxygens (including phenoxy) is 3. The lowest BCUT2D eigenvalue weighted by molar-refractivity contribution is 0.0667. The van der Waals surface area contributed by atoms with E-state index in [-0.39, 0.29) is 5.60 Å². The van der Waals surface area contributed by atoms with Gasteiger partial charge in [-0.25, -0.2) is 0 Å². The maximum atomic E-state index is 6.07. The average molecular weight is 279 g/mol. The van der Waals surface area contributed by atoms with Crippen LogP contribution in [0.15, 0.2) is 18.2 Å². The smallest absolute Gasteiger partial charge is 0.128 e. The fourth-order valence-electron chi connectivity index (χ4n) is 2.54. The Balaban J connectivity index is 2.09. The minimum absolute atomic E-state index is 0.162. The van der Waals surface area contributed by atoms with E-state index in [2.05, 4.69) is 25.2 Å². The molecule has 1 aromatic carbocycles. The van der Waals surface area contributed by atoms with E-state index in [4.69, 9.17) is 14.2 Å². The van der Waals surface area contributed by atoms with Gasteiger partial charge < -0.3 is 19.5 Å². The van der Waals surface area contributed by atoms with Crippen molar-refractivity contribution in [3.05, 3.63) is 23.8 Å². The molecule has 1 heterocycles. The van der Waals surface area contributed by atoms with Crippen molar-refractivity contribution < 1.29 is 14.2 Å². The van der Waals surface area contributed by atoms with Gasteiger partial charge in [0.25, 0.3) is 0 Å². The quantitative estimate of drug-likeness (QED) is 0.813. The van der Waals surface area contributed by atoms with Gasteiger partial charge >= 0.3 is 0 Å². The van der Waals surface area contributed by atoms with Crippen LogP contribution in [0, 0.1) is 0 Å². The van der Waals surface area contributed by atoms with Gasteiger partial charge in [-0.2, -0.15) is 0 Å². The van der Waals surface area contributed by atoms with Crippen molar-refractivity contribution in [2.45, 2.75) is 38.8 Å². The van der Waals surface area contributed by atoms with Crippen LogP contribution < -0.4 is 14.8 Å². The molecule has 4 heteroatoms. The molecular formula is C16H25NO3. The molecule has 4 nitrogen and oxygen atoms in total. The van der Waals surface area contributed by atoms with Crippen LogP contribution in [0.4, 0.5) is 0 Å². The van der Waals surface area contributed by atoms with Crippen LogP contribution in [-0.2, 0) is 4.74 Å². The molecule has 1 aliphatic rings. The van der Waals surface area contributed by atoms with Gasteiger partial charge in [0.05, 0.1) is 6.61 Å². The highest BCUT2D eigenvalue weighted by Crippen LogP contribution is 2.40. The van der Waals surface area contributed by atoms with E-state index in [1.54, 1.807) is 0 Å². The van der Waals surface area contributed by atoms with E-state index in [1.165, 1.54) is 5.56 Å². The zero-order valence-electron chi connectivity index (χ0n) is 12.9. The summed E-state index contributed by atoms with van der Waals surface area (Å²) in [6, 6.07) is 6.39. The second-order valence-electron chi connectivity index (χ2n) is 5.65. The van der Waals surface area contributed by atoms with Gasteiger partial charge in [-0.05, 0) is 33.9 Å². The predicted molar refractivity (Wildman–Crippen MR) is 79.6 cm³/mol. The Labute approximate surface area is 121 Å². The standard InChI is InChI=1S/C16H25NO3/c1-5-18-8-9-19-12-6-7-13-14(17-4)11-16(2,3)20-15(13)10-12/h6-7,10,14,17H,5,8-9,11H2,1-4H3. The van der Waals surface area contributed by atoms with Crippen LogP contribution in [-0.4, -0.2) is 32.5 Å². The fraction of sp³-hybridized carbons (Fsp3) is 0.625. The minimum atomic E-state index is -0.162. The van der Waals surface area contributed by atoms with Gasteiger partial charge in [-0.15, -0.1) is 0 Å². The Morgan fingerprint density at radius 3 is 2.85 bits per heavy atom. The summed E-state index contributed by atoms with van der Waals surface area (Å²) >= 11 is 0. The maximum Gasteiger partial charge on any atom is 0.128 e. The van der Waals surface area contributed by atoms with Crippen molar-refractivity contribution in [3.63, 3.8) is 0 Å². The Hall–Kier alpha value is -1.26. The van der Waals surface area contributed by atoms with Gasteiger partial charge in [0, 0.05) is 30.7 Å². The summed E-state index contributed by atoms with van der Waals surface area (Å²) in [6.07, 6.45) is 0.959. The first kappa shape index (κ1) is 15.1. The van der Waals surface area contributed by atoms with E-state index in [0.29, 0.717) is 25.9 Å². The molecule has 0 radical (unpaired) electrons. The third-order valence-electron chi connectivity index (χ3n) is 3.49. The molecule has 1 aliphatic heterocycles. The molecule has 112 valence electrons. The number of nitrogens with one attached hydrogen (secondary N) is 1. The number of benzene rings is 1. The molecular weight excluding hydrogens is 254 g/mol. The van der Waals surface area contributed by atoms with Crippen molar-refractivity contribution in [2.75, 3.05) is 26.9 Å². The Morgan fingerprint density at radius 1 is 1.35 bits per heavy atom. The second kappa shape index (κ2) is 6.46. The van der Waals surface area contributed by atoms with Crippen LogP contribution >= 0.6 is 0 Å². The highest BCUT2D eigenvalue weighted by atomic mass is 16.5. The number of rotatable bonds is 6. The number of hydrogen-bond donors (Lipinski definition) is 1. The van der Waals surface area contributed by atoms with Crippen LogP contribution in [0.5, 0.6) is 11.5 Å². The zero-order valence-corrected chi connectivity index (χ0v) is 12.9. The van der Waals surface area contributed by atoms with E-state index in [9.17, 15) is 0 Å². The first-order chi connectivity index (χ1) is 9.55. The first-order valence-electron chi connectivity index (χ1n) is 7.26. The van der Waals surface area contributed by atoms with Crippen LogP contribution in [0.1, 0.15) is 38.8 Å². The Morgan fingerprint density at radius 2 is 2.15 bits per heavy atom. The monoisotopic (exact) mass is 279 g/mol. The summed E-state index contributed by atoms with van der Waals surface area (Å²) in [6.45, 7) is 8.09. The topological polar surface area (TPSA) is 39.7 Å². The molecule has 1 aromatic rings. The molecule has 0 amide bonds. The van der Waals surface area contributed by atoms with Gasteiger partial charge in [0.1, 0.15) is 23.7 Å². The lowest BCUT2D eigenvalue weighted by Gasteiger charge is -2.37. The second-order valence-corrected chi connectivity index (χ2v) is 5.65. The summed E-state index contributed by atoms with van der Waals surface area (Å²) in [5.41, 5.74) is 1.04. The molecule has 1 N–H and O–H groups in total. The molecule has 0 saturated carbocycles.